The Balaban J connectivity index is 1.97. The van der Waals surface area contributed by atoms with Crippen LogP contribution in [0.15, 0.2) is 8.68 Å². The Kier molecular flexibility index (Phi) is 8.26. The Bertz CT molecular complexity index is 302. The Morgan fingerprint density at radius 1 is 1.24 bits per heavy atom. The van der Waals surface area contributed by atoms with E-state index in [1.54, 1.807) is 34.9 Å². The van der Waals surface area contributed by atoms with Crippen LogP contribution in [0.25, 0.3) is 0 Å². The van der Waals surface area contributed by atoms with Crippen molar-refractivity contribution in [2.45, 2.75) is 35.4 Å². The molecule has 0 spiro atoms. The van der Waals surface area contributed by atoms with Gasteiger partial charge in [-0.05, 0) is 31.6 Å². The van der Waals surface area contributed by atoms with Crippen molar-refractivity contribution in [2.75, 3.05) is 25.1 Å². The molecule has 0 unspecified atom stereocenters. The monoisotopic (exact) mass is 291 g/mol. The lowest BCUT2D eigenvalue weighted by Gasteiger charge is -2.05. The van der Waals surface area contributed by atoms with E-state index >= 15 is 0 Å². The summed E-state index contributed by atoms with van der Waals surface area (Å²) in [6.07, 6.45) is 4.62. The van der Waals surface area contributed by atoms with Gasteiger partial charge in [-0.25, -0.2) is 0 Å². The van der Waals surface area contributed by atoms with Crippen molar-refractivity contribution in [1.29, 1.82) is 0 Å². The summed E-state index contributed by atoms with van der Waals surface area (Å²) in [5.74, 6) is 1.89. The van der Waals surface area contributed by atoms with Crippen molar-refractivity contribution >= 4 is 34.9 Å². The lowest BCUT2D eigenvalue weighted by atomic mass is 10.1. The molecule has 0 atom stereocenters. The molecule has 1 rings (SSSR count). The van der Waals surface area contributed by atoms with E-state index in [1.807, 2.05) is 6.26 Å². The van der Waals surface area contributed by atoms with Crippen LogP contribution in [0.4, 0.5) is 0 Å². The molecule has 0 aliphatic heterocycles. The summed E-state index contributed by atoms with van der Waals surface area (Å²) in [5.41, 5.74) is 0. The molecule has 0 saturated heterocycles. The molecule has 6 heteroatoms. The molecular formula is C11H21N3S3. The van der Waals surface area contributed by atoms with E-state index in [9.17, 15) is 0 Å². The van der Waals surface area contributed by atoms with Crippen LogP contribution in [0.3, 0.4) is 0 Å². The first-order valence-electron chi connectivity index (χ1n) is 5.93. The molecule has 0 aliphatic rings. The number of hydrogen-bond donors (Lipinski definition) is 1. The first kappa shape index (κ1) is 15.3. The maximum absolute atomic E-state index is 4.13. The largest absolute Gasteiger partial charge is 0.316 e. The lowest BCUT2D eigenvalue weighted by molar-refractivity contribution is 0.534. The van der Waals surface area contributed by atoms with Crippen molar-refractivity contribution in [2.24, 2.45) is 5.92 Å². The van der Waals surface area contributed by atoms with Gasteiger partial charge in [0.05, 0.1) is 0 Å². The van der Waals surface area contributed by atoms with Gasteiger partial charge in [0, 0.05) is 12.3 Å². The molecule has 1 N–H and O–H groups in total. The summed E-state index contributed by atoms with van der Waals surface area (Å²) in [4.78, 5) is 0. The van der Waals surface area contributed by atoms with Crippen LogP contribution in [0.5, 0.6) is 0 Å². The molecule has 0 fully saturated rings. The predicted octanol–water partition coefficient (Wildman–Crippen LogP) is 3.38. The van der Waals surface area contributed by atoms with E-state index in [-0.39, 0.29) is 0 Å². The SMILES string of the molecule is CSc1nnc(SCCNCCCC(C)C)s1. The molecule has 1 heterocycles. The van der Waals surface area contributed by atoms with Crippen molar-refractivity contribution in [3.05, 3.63) is 0 Å². The number of thioether (sulfide) groups is 2. The van der Waals surface area contributed by atoms with Gasteiger partial charge in [0.2, 0.25) is 0 Å². The first-order valence-corrected chi connectivity index (χ1v) is 8.96. The highest BCUT2D eigenvalue weighted by Crippen LogP contribution is 2.26. The van der Waals surface area contributed by atoms with Crippen LogP contribution in [0, 0.1) is 5.92 Å². The normalized spacial score (nSPS) is 11.3. The standard InChI is InChI=1S/C11H21N3S3/c1-9(2)5-4-6-12-7-8-16-11-14-13-10(15-3)17-11/h9,12H,4-8H2,1-3H3. The average Bonchev–Trinajstić information content (AvgIpc) is 2.75. The number of rotatable bonds is 9. The molecule has 98 valence electrons. The molecule has 0 saturated carbocycles. The minimum Gasteiger partial charge on any atom is -0.316 e. The maximum Gasteiger partial charge on any atom is 0.175 e. The van der Waals surface area contributed by atoms with Gasteiger partial charge in [-0.3, -0.25) is 0 Å². The molecule has 0 bridgehead atoms. The fourth-order valence-corrected chi connectivity index (χ4v) is 3.71. The molecule has 3 nitrogen and oxygen atoms in total. The lowest BCUT2D eigenvalue weighted by Crippen LogP contribution is -2.18. The third-order valence-electron chi connectivity index (χ3n) is 2.20. The van der Waals surface area contributed by atoms with Crippen LogP contribution < -0.4 is 5.32 Å². The van der Waals surface area contributed by atoms with Crippen LogP contribution in [-0.4, -0.2) is 35.3 Å². The second-order valence-electron chi connectivity index (χ2n) is 4.17. The molecule has 0 aromatic carbocycles. The number of aromatic nitrogens is 2. The zero-order chi connectivity index (χ0) is 12.5. The summed E-state index contributed by atoms with van der Waals surface area (Å²) >= 11 is 5.13. The molecular weight excluding hydrogens is 270 g/mol. The average molecular weight is 292 g/mol. The zero-order valence-corrected chi connectivity index (χ0v) is 13.2. The van der Waals surface area contributed by atoms with Gasteiger partial charge in [0.15, 0.2) is 8.68 Å². The van der Waals surface area contributed by atoms with E-state index in [1.165, 1.54) is 12.8 Å². The quantitative estimate of drug-likeness (QED) is 0.558. The van der Waals surface area contributed by atoms with Gasteiger partial charge >= 0.3 is 0 Å². The predicted molar refractivity (Wildman–Crippen MR) is 79.4 cm³/mol. The Morgan fingerprint density at radius 2 is 2.00 bits per heavy atom. The van der Waals surface area contributed by atoms with Gasteiger partial charge in [0.1, 0.15) is 0 Å². The van der Waals surface area contributed by atoms with Crippen molar-refractivity contribution in [1.82, 2.24) is 15.5 Å². The second kappa shape index (κ2) is 9.19. The zero-order valence-electron chi connectivity index (χ0n) is 10.7. The van der Waals surface area contributed by atoms with Crippen LogP contribution in [-0.2, 0) is 0 Å². The third kappa shape index (κ3) is 7.28. The van der Waals surface area contributed by atoms with E-state index in [4.69, 9.17) is 0 Å². The third-order valence-corrected chi connectivity index (χ3v) is 5.24. The molecule has 0 amide bonds. The van der Waals surface area contributed by atoms with Gasteiger partial charge in [-0.1, -0.05) is 48.7 Å². The summed E-state index contributed by atoms with van der Waals surface area (Å²) in [5, 5.41) is 11.7. The number of nitrogens with one attached hydrogen (secondary N) is 1. The highest BCUT2D eigenvalue weighted by Gasteiger charge is 2.02. The highest BCUT2D eigenvalue weighted by atomic mass is 32.2. The van der Waals surface area contributed by atoms with Crippen molar-refractivity contribution in [3.8, 4) is 0 Å². The summed E-state index contributed by atoms with van der Waals surface area (Å²) in [7, 11) is 0. The van der Waals surface area contributed by atoms with Crippen molar-refractivity contribution in [3.63, 3.8) is 0 Å². The smallest absolute Gasteiger partial charge is 0.175 e. The first-order chi connectivity index (χ1) is 8.22. The fraction of sp³-hybridized carbons (Fsp3) is 0.818. The summed E-state index contributed by atoms with van der Waals surface area (Å²) in [6, 6.07) is 0. The van der Waals surface area contributed by atoms with Crippen LogP contribution in [0.1, 0.15) is 26.7 Å². The Morgan fingerprint density at radius 3 is 2.65 bits per heavy atom. The second-order valence-corrected chi connectivity index (χ2v) is 7.55. The molecule has 0 aliphatic carbocycles. The fourth-order valence-electron chi connectivity index (χ4n) is 1.31. The summed E-state index contributed by atoms with van der Waals surface area (Å²) in [6.45, 7) is 6.73. The minimum absolute atomic E-state index is 0.817. The van der Waals surface area contributed by atoms with E-state index in [0.717, 1.165) is 33.4 Å². The molecule has 1 aromatic rings. The minimum atomic E-state index is 0.817. The van der Waals surface area contributed by atoms with Crippen molar-refractivity contribution < 1.29 is 0 Å². The van der Waals surface area contributed by atoms with Gasteiger partial charge < -0.3 is 5.32 Å². The molecule has 1 aromatic heterocycles. The maximum atomic E-state index is 4.13. The highest BCUT2D eigenvalue weighted by molar-refractivity contribution is 8.02. The Hall–Kier alpha value is 0.220. The number of hydrogen-bond acceptors (Lipinski definition) is 6. The van der Waals surface area contributed by atoms with Crippen LogP contribution >= 0.6 is 34.9 Å². The van der Waals surface area contributed by atoms with Gasteiger partial charge in [0.25, 0.3) is 0 Å². The van der Waals surface area contributed by atoms with E-state index in [0.29, 0.717) is 0 Å². The number of nitrogens with zero attached hydrogens (tertiary/aromatic N) is 2. The molecule has 0 radical (unpaired) electrons. The Labute approximate surface area is 117 Å². The topological polar surface area (TPSA) is 37.8 Å². The molecule has 17 heavy (non-hydrogen) atoms. The van der Waals surface area contributed by atoms with E-state index in [2.05, 4.69) is 29.4 Å². The van der Waals surface area contributed by atoms with Crippen LogP contribution in [0.2, 0.25) is 0 Å². The van der Waals surface area contributed by atoms with Gasteiger partial charge in [-0.2, -0.15) is 0 Å². The van der Waals surface area contributed by atoms with E-state index < -0.39 is 0 Å². The van der Waals surface area contributed by atoms with Gasteiger partial charge in [-0.15, -0.1) is 10.2 Å². The summed E-state index contributed by atoms with van der Waals surface area (Å²) < 4.78 is 2.13.